The lowest BCUT2D eigenvalue weighted by Gasteiger charge is -2.28. The van der Waals surface area contributed by atoms with Crippen LogP contribution in [-0.2, 0) is 0 Å². The molecule has 0 radical (unpaired) electrons. The maximum atomic E-state index is 12.9. The van der Waals surface area contributed by atoms with Crippen LogP contribution in [-0.4, -0.2) is 11.3 Å². The van der Waals surface area contributed by atoms with Crippen molar-refractivity contribution in [2.24, 2.45) is 5.92 Å². The molecule has 0 heterocycles. The molecule has 1 aliphatic carbocycles. The maximum Gasteiger partial charge on any atom is 0.248 e. The van der Waals surface area contributed by atoms with Gasteiger partial charge in [-0.15, -0.1) is 0 Å². The van der Waals surface area contributed by atoms with Crippen molar-refractivity contribution >= 4 is 15.9 Å². The van der Waals surface area contributed by atoms with Gasteiger partial charge in [-0.2, -0.15) is 0 Å². The van der Waals surface area contributed by atoms with E-state index in [9.17, 15) is 8.78 Å². The van der Waals surface area contributed by atoms with E-state index < -0.39 is 5.92 Å². The standard InChI is InChI=1S/C9H15BrF2/c10-6-2-4-8-3-1-5-9(11,12)7-8/h8H,1-7H2. The molecule has 1 fully saturated rings. The Morgan fingerprint density at radius 2 is 2.17 bits per heavy atom. The zero-order chi connectivity index (χ0) is 9.03. The predicted molar refractivity (Wildman–Crippen MR) is 49.9 cm³/mol. The second-order valence-corrected chi connectivity index (χ2v) is 4.44. The summed E-state index contributed by atoms with van der Waals surface area (Å²) in [5.41, 5.74) is 0. The average Bonchev–Trinajstić information content (AvgIpc) is 1.99. The van der Waals surface area contributed by atoms with Crippen LogP contribution >= 0.6 is 15.9 Å². The highest BCUT2D eigenvalue weighted by molar-refractivity contribution is 9.09. The first-order chi connectivity index (χ1) is 5.64. The van der Waals surface area contributed by atoms with Crippen LogP contribution < -0.4 is 0 Å². The third-order valence-corrected chi connectivity index (χ3v) is 3.05. The Bertz CT molecular complexity index is 136. The first-order valence-electron chi connectivity index (χ1n) is 4.58. The van der Waals surface area contributed by atoms with Crippen molar-refractivity contribution in [1.29, 1.82) is 0 Å². The van der Waals surface area contributed by atoms with Crippen molar-refractivity contribution in [3.8, 4) is 0 Å². The minimum Gasteiger partial charge on any atom is -0.207 e. The Hall–Kier alpha value is 0.340. The van der Waals surface area contributed by atoms with Gasteiger partial charge in [-0.05, 0) is 25.2 Å². The zero-order valence-electron chi connectivity index (χ0n) is 7.16. The lowest BCUT2D eigenvalue weighted by Crippen LogP contribution is -2.25. The van der Waals surface area contributed by atoms with Crippen LogP contribution in [0, 0.1) is 5.92 Å². The van der Waals surface area contributed by atoms with Gasteiger partial charge in [-0.3, -0.25) is 0 Å². The van der Waals surface area contributed by atoms with Gasteiger partial charge in [0.15, 0.2) is 0 Å². The van der Waals surface area contributed by atoms with Crippen molar-refractivity contribution < 1.29 is 8.78 Å². The first kappa shape index (κ1) is 10.4. The van der Waals surface area contributed by atoms with E-state index in [1.165, 1.54) is 0 Å². The second-order valence-electron chi connectivity index (χ2n) is 3.65. The van der Waals surface area contributed by atoms with E-state index in [0.29, 0.717) is 6.42 Å². The van der Waals surface area contributed by atoms with Gasteiger partial charge in [-0.1, -0.05) is 22.4 Å². The highest BCUT2D eigenvalue weighted by Gasteiger charge is 2.35. The fourth-order valence-corrected chi connectivity index (χ4v) is 2.21. The Labute approximate surface area is 80.9 Å². The Kier molecular flexibility index (Phi) is 3.94. The van der Waals surface area contributed by atoms with E-state index >= 15 is 0 Å². The lowest BCUT2D eigenvalue weighted by molar-refractivity contribution is -0.0535. The normalized spacial score (nSPS) is 28.8. The Balaban J connectivity index is 2.26. The summed E-state index contributed by atoms with van der Waals surface area (Å²) in [7, 11) is 0. The molecule has 0 amide bonds. The van der Waals surface area contributed by atoms with Crippen molar-refractivity contribution in [2.45, 2.75) is 44.4 Å². The number of rotatable bonds is 3. The van der Waals surface area contributed by atoms with Gasteiger partial charge in [0.25, 0.3) is 0 Å². The summed E-state index contributed by atoms with van der Waals surface area (Å²) >= 11 is 3.32. The molecular weight excluding hydrogens is 226 g/mol. The van der Waals surface area contributed by atoms with Crippen molar-refractivity contribution in [3.05, 3.63) is 0 Å². The largest absolute Gasteiger partial charge is 0.248 e. The molecule has 12 heavy (non-hydrogen) atoms. The molecular formula is C9H15BrF2. The molecule has 0 nitrogen and oxygen atoms in total. The Morgan fingerprint density at radius 3 is 2.75 bits per heavy atom. The summed E-state index contributed by atoms with van der Waals surface area (Å²) in [5, 5.41) is 0.940. The van der Waals surface area contributed by atoms with Gasteiger partial charge < -0.3 is 0 Å². The van der Waals surface area contributed by atoms with E-state index in [1.54, 1.807) is 0 Å². The second kappa shape index (κ2) is 4.54. The third kappa shape index (κ3) is 3.38. The quantitative estimate of drug-likeness (QED) is 0.655. The molecule has 1 unspecified atom stereocenters. The molecule has 1 aliphatic rings. The molecule has 1 rings (SSSR count). The van der Waals surface area contributed by atoms with Crippen molar-refractivity contribution in [3.63, 3.8) is 0 Å². The van der Waals surface area contributed by atoms with E-state index in [1.807, 2.05) is 0 Å². The fourth-order valence-electron chi connectivity index (χ4n) is 1.89. The summed E-state index contributed by atoms with van der Waals surface area (Å²) in [6, 6.07) is 0. The lowest BCUT2D eigenvalue weighted by atomic mass is 9.84. The highest BCUT2D eigenvalue weighted by Crippen LogP contribution is 2.38. The molecule has 1 saturated carbocycles. The number of alkyl halides is 3. The van der Waals surface area contributed by atoms with Gasteiger partial charge in [0.05, 0.1) is 0 Å². The molecule has 0 aromatic carbocycles. The molecule has 1 atom stereocenters. The van der Waals surface area contributed by atoms with Crippen LogP contribution in [0.4, 0.5) is 8.78 Å². The van der Waals surface area contributed by atoms with Gasteiger partial charge in [-0.25, -0.2) is 8.78 Å². The topological polar surface area (TPSA) is 0 Å². The summed E-state index contributed by atoms with van der Waals surface area (Å²) in [6.07, 6.45) is 3.93. The summed E-state index contributed by atoms with van der Waals surface area (Å²) in [6.45, 7) is 0. The SMILES string of the molecule is FC1(F)CCCC(CCCBr)C1. The van der Waals surface area contributed by atoms with Crippen LogP contribution in [0.15, 0.2) is 0 Å². The molecule has 0 aliphatic heterocycles. The maximum absolute atomic E-state index is 12.9. The van der Waals surface area contributed by atoms with Gasteiger partial charge >= 0.3 is 0 Å². The van der Waals surface area contributed by atoms with Crippen molar-refractivity contribution in [1.82, 2.24) is 0 Å². The highest BCUT2D eigenvalue weighted by atomic mass is 79.9. The van der Waals surface area contributed by atoms with Crippen LogP contribution in [0.3, 0.4) is 0 Å². The van der Waals surface area contributed by atoms with Crippen LogP contribution in [0.5, 0.6) is 0 Å². The predicted octanol–water partition coefficient (Wildman–Crippen LogP) is 3.99. The van der Waals surface area contributed by atoms with Crippen LogP contribution in [0.25, 0.3) is 0 Å². The van der Waals surface area contributed by atoms with E-state index in [-0.39, 0.29) is 18.8 Å². The molecule has 0 bridgehead atoms. The number of halogens is 3. The minimum atomic E-state index is -2.37. The third-order valence-electron chi connectivity index (χ3n) is 2.49. The van der Waals surface area contributed by atoms with E-state index in [0.717, 1.165) is 24.6 Å². The minimum absolute atomic E-state index is 0.109. The van der Waals surface area contributed by atoms with Crippen molar-refractivity contribution in [2.75, 3.05) is 5.33 Å². The smallest absolute Gasteiger partial charge is 0.207 e. The zero-order valence-corrected chi connectivity index (χ0v) is 8.75. The average molecular weight is 241 g/mol. The van der Waals surface area contributed by atoms with Gasteiger partial charge in [0, 0.05) is 18.2 Å². The van der Waals surface area contributed by atoms with Crippen LogP contribution in [0.2, 0.25) is 0 Å². The molecule has 72 valence electrons. The molecule has 0 N–H and O–H groups in total. The fraction of sp³-hybridized carbons (Fsp3) is 1.00. The first-order valence-corrected chi connectivity index (χ1v) is 5.70. The summed E-state index contributed by atoms with van der Waals surface area (Å²) in [4.78, 5) is 0. The molecule has 0 aromatic rings. The van der Waals surface area contributed by atoms with Gasteiger partial charge in [0.1, 0.15) is 0 Å². The van der Waals surface area contributed by atoms with E-state index in [4.69, 9.17) is 0 Å². The molecule has 3 heteroatoms. The number of hydrogen-bond acceptors (Lipinski definition) is 0. The Morgan fingerprint density at radius 1 is 1.42 bits per heavy atom. The molecule has 0 spiro atoms. The molecule has 0 aromatic heterocycles. The number of hydrogen-bond donors (Lipinski definition) is 0. The summed E-state index contributed by atoms with van der Waals surface area (Å²) in [5.74, 6) is -2.10. The monoisotopic (exact) mass is 240 g/mol. The van der Waals surface area contributed by atoms with Crippen LogP contribution in [0.1, 0.15) is 38.5 Å². The van der Waals surface area contributed by atoms with Gasteiger partial charge in [0.2, 0.25) is 5.92 Å². The summed E-state index contributed by atoms with van der Waals surface area (Å²) < 4.78 is 25.7. The molecule has 0 saturated heterocycles. The van der Waals surface area contributed by atoms with E-state index in [2.05, 4.69) is 15.9 Å².